The zero-order valence-electron chi connectivity index (χ0n) is 11.1. The number of fused-ring (bicyclic) bond motifs is 3. The molecule has 0 unspecified atom stereocenters. The highest BCUT2D eigenvalue weighted by atomic mass is 35.5. The Morgan fingerprint density at radius 3 is 2.68 bits per heavy atom. The molecule has 0 radical (unpaired) electrons. The van der Waals surface area contributed by atoms with E-state index in [2.05, 4.69) is 4.98 Å². The minimum atomic E-state index is -0.337. The Hall–Kier alpha value is -2.24. The van der Waals surface area contributed by atoms with Gasteiger partial charge in [-0.05, 0) is 36.4 Å². The van der Waals surface area contributed by atoms with E-state index in [0.29, 0.717) is 15.4 Å². The lowest BCUT2D eigenvalue weighted by Crippen LogP contribution is -2.16. The molecule has 0 bridgehead atoms. The van der Waals surface area contributed by atoms with E-state index in [1.54, 1.807) is 30.6 Å². The van der Waals surface area contributed by atoms with E-state index in [1.165, 1.54) is 28.0 Å². The molecule has 4 rings (SSSR count). The summed E-state index contributed by atoms with van der Waals surface area (Å²) < 4.78 is 15.1. The lowest BCUT2D eigenvalue weighted by Gasteiger charge is -2.05. The lowest BCUT2D eigenvalue weighted by atomic mass is 10.2. The van der Waals surface area contributed by atoms with Crippen molar-refractivity contribution in [1.82, 2.24) is 9.55 Å². The van der Waals surface area contributed by atoms with Gasteiger partial charge < -0.3 is 0 Å². The standard InChI is InChI=1S/C16H8ClFN2OS/c17-12-5-7-19-15-13(12)11-6-8-20(16(21)14(11)22-15)10-3-1-9(18)2-4-10/h1-8H. The van der Waals surface area contributed by atoms with E-state index in [1.807, 2.05) is 6.07 Å². The van der Waals surface area contributed by atoms with Crippen LogP contribution in [0.1, 0.15) is 0 Å². The van der Waals surface area contributed by atoms with Gasteiger partial charge in [0.15, 0.2) is 0 Å². The third-order valence-electron chi connectivity index (χ3n) is 3.49. The first-order chi connectivity index (χ1) is 10.6. The summed E-state index contributed by atoms with van der Waals surface area (Å²) in [5.41, 5.74) is 0.452. The summed E-state index contributed by atoms with van der Waals surface area (Å²) in [6, 6.07) is 9.35. The zero-order chi connectivity index (χ0) is 15.3. The quantitative estimate of drug-likeness (QED) is 0.518. The van der Waals surface area contributed by atoms with E-state index in [0.717, 1.165) is 15.6 Å². The zero-order valence-corrected chi connectivity index (χ0v) is 12.7. The molecule has 0 N–H and O–H groups in total. The fourth-order valence-corrected chi connectivity index (χ4v) is 3.85. The largest absolute Gasteiger partial charge is 0.283 e. The van der Waals surface area contributed by atoms with Crippen LogP contribution in [0.2, 0.25) is 5.02 Å². The van der Waals surface area contributed by atoms with Crippen molar-refractivity contribution >= 4 is 43.2 Å². The van der Waals surface area contributed by atoms with Gasteiger partial charge in [0.2, 0.25) is 0 Å². The van der Waals surface area contributed by atoms with E-state index in [9.17, 15) is 9.18 Å². The van der Waals surface area contributed by atoms with E-state index >= 15 is 0 Å². The van der Waals surface area contributed by atoms with Gasteiger partial charge in [-0.1, -0.05) is 11.6 Å². The fraction of sp³-hybridized carbons (Fsp3) is 0. The summed E-state index contributed by atoms with van der Waals surface area (Å²) in [7, 11) is 0. The molecule has 0 saturated heterocycles. The van der Waals surface area contributed by atoms with Gasteiger partial charge in [0.25, 0.3) is 5.56 Å². The average Bonchev–Trinajstić information content (AvgIpc) is 2.90. The van der Waals surface area contributed by atoms with Crippen molar-refractivity contribution in [3.05, 3.63) is 70.0 Å². The highest BCUT2D eigenvalue weighted by Crippen LogP contribution is 2.34. The molecule has 0 aliphatic carbocycles. The Morgan fingerprint density at radius 1 is 1.14 bits per heavy atom. The number of pyridine rings is 2. The predicted molar refractivity (Wildman–Crippen MR) is 87.7 cm³/mol. The number of nitrogens with zero attached hydrogens (tertiary/aromatic N) is 2. The first-order valence-corrected chi connectivity index (χ1v) is 7.69. The van der Waals surface area contributed by atoms with Gasteiger partial charge in [-0.2, -0.15) is 0 Å². The average molecular weight is 331 g/mol. The molecule has 108 valence electrons. The van der Waals surface area contributed by atoms with Crippen LogP contribution in [0, 0.1) is 5.82 Å². The molecule has 6 heteroatoms. The number of aromatic nitrogens is 2. The minimum absolute atomic E-state index is 0.164. The Bertz CT molecular complexity index is 1070. The molecule has 4 aromatic rings. The molecule has 22 heavy (non-hydrogen) atoms. The number of thiophene rings is 1. The van der Waals surface area contributed by atoms with Crippen LogP contribution in [0.25, 0.3) is 26.0 Å². The van der Waals surface area contributed by atoms with Gasteiger partial charge in [-0.3, -0.25) is 9.36 Å². The van der Waals surface area contributed by atoms with Crippen molar-refractivity contribution in [2.75, 3.05) is 0 Å². The highest BCUT2D eigenvalue weighted by Gasteiger charge is 2.13. The fourth-order valence-electron chi connectivity index (χ4n) is 2.46. The van der Waals surface area contributed by atoms with Crippen LogP contribution in [0.5, 0.6) is 0 Å². The maximum Gasteiger partial charge on any atom is 0.273 e. The summed E-state index contributed by atoms with van der Waals surface area (Å²) in [6.07, 6.45) is 3.30. The van der Waals surface area contributed by atoms with Crippen LogP contribution < -0.4 is 5.56 Å². The second-order valence-corrected chi connectivity index (χ2v) is 6.19. The molecule has 0 fully saturated rings. The molecule has 3 heterocycles. The van der Waals surface area contributed by atoms with Crippen molar-refractivity contribution < 1.29 is 4.39 Å². The van der Waals surface area contributed by atoms with E-state index in [-0.39, 0.29) is 11.4 Å². The van der Waals surface area contributed by atoms with E-state index < -0.39 is 0 Å². The molecule has 3 nitrogen and oxygen atoms in total. The topological polar surface area (TPSA) is 34.9 Å². The van der Waals surface area contributed by atoms with Crippen LogP contribution in [0.3, 0.4) is 0 Å². The minimum Gasteiger partial charge on any atom is -0.283 e. The molecule has 0 saturated carbocycles. The second-order valence-electron chi connectivity index (χ2n) is 4.79. The molecule has 3 aromatic heterocycles. The van der Waals surface area contributed by atoms with Gasteiger partial charge in [0.1, 0.15) is 15.3 Å². The third kappa shape index (κ3) is 1.94. The summed E-state index contributed by atoms with van der Waals surface area (Å²) in [5, 5.41) is 2.17. The summed E-state index contributed by atoms with van der Waals surface area (Å²) in [6.45, 7) is 0. The number of hydrogen-bond donors (Lipinski definition) is 0. The Balaban J connectivity index is 2.06. The van der Waals surface area contributed by atoms with Gasteiger partial charge in [-0.15, -0.1) is 11.3 Å². The molecule has 0 spiro atoms. The maximum absolute atomic E-state index is 13.0. The van der Waals surface area contributed by atoms with Gasteiger partial charge in [0.05, 0.1) is 5.02 Å². The van der Waals surface area contributed by atoms with Crippen LogP contribution in [0.4, 0.5) is 4.39 Å². The molecule has 0 aliphatic rings. The highest BCUT2D eigenvalue weighted by molar-refractivity contribution is 7.25. The van der Waals surface area contributed by atoms with Crippen molar-refractivity contribution in [1.29, 1.82) is 0 Å². The van der Waals surface area contributed by atoms with Gasteiger partial charge >= 0.3 is 0 Å². The number of hydrogen-bond acceptors (Lipinski definition) is 3. The van der Waals surface area contributed by atoms with Gasteiger partial charge in [0, 0.05) is 28.9 Å². The van der Waals surface area contributed by atoms with Gasteiger partial charge in [-0.25, -0.2) is 9.37 Å². The number of rotatable bonds is 1. The molecule has 0 aliphatic heterocycles. The Labute approximate surface area is 133 Å². The first-order valence-electron chi connectivity index (χ1n) is 6.49. The van der Waals surface area contributed by atoms with Crippen molar-refractivity contribution in [2.45, 2.75) is 0 Å². The number of benzene rings is 1. The summed E-state index contributed by atoms with van der Waals surface area (Å²) >= 11 is 7.53. The van der Waals surface area contributed by atoms with E-state index in [4.69, 9.17) is 11.6 Å². The lowest BCUT2D eigenvalue weighted by molar-refractivity contribution is 0.627. The van der Waals surface area contributed by atoms with Crippen molar-refractivity contribution in [2.24, 2.45) is 0 Å². The smallest absolute Gasteiger partial charge is 0.273 e. The SMILES string of the molecule is O=c1c2sc3nccc(Cl)c3c2ccn1-c1ccc(F)cc1. The molecule has 1 aromatic carbocycles. The molecular formula is C16H8ClFN2OS. The number of halogens is 2. The molecule has 0 amide bonds. The molecule has 0 atom stereocenters. The Morgan fingerprint density at radius 2 is 1.91 bits per heavy atom. The second kappa shape index (κ2) is 4.90. The predicted octanol–water partition coefficient (Wildman–Crippen LogP) is 4.39. The monoisotopic (exact) mass is 330 g/mol. The van der Waals surface area contributed by atoms with Crippen molar-refractivity contribution in [3.63, 3.8) is 0 Å². The van der Waals surface area contributed by atoms with Crippen LogP contribution in [0.15, 0.2) is 53.6 Å². The summed E-state index contributed by atoms with van der Waals surface area (Å²) in [5.74, 6) is -0.337. The summed E-state index contributed by atoms with van der Waals surface area (Å²) in [4.78, 5) is 17.7. The van der Waals surface area contributed by atoms with Crippen LogP contribution in [-0.4, -0.2) is 9.55 Å². The first kappa shape index (κ1) is 13.4. The Kier molecular flexibility index (Phi) is 2.99. The molecular weight excluding hydrogens is 323 g/mol. The normalized spacial score (nSPS) is 11.4. The van der Waals surface area contributed by atoms with Crippen LogP contribution in [-0.2, 0) is 0 Å². The van der Waals surface area contributed by atoms with Crippen molar-refractivity contribution in [3.8, 4) is 5.69 Å². The van der Waals surface area contributed by atoms with Crippen LogP contribution >= 0.6 is 22.9 Å². The maximum atomic E-state index is 13.0. The third-order valence-corrected chi connectivity index (χ3v) is 4.90.